The number of azo groups is 1. The first-order chi connectivity index (χ1) is 11.9. The second-order valence-electron chi connectivity index (χ2n) is 5.31. The van der Waals surface area contributed by atoms with Crippen molar-refractivity contribution in [3.05, 3.63) is 54.6 Å². The topological polar surface area (TPSA) is 112 Å². The van der Waals surface area contributed by atoms with E-state index in [1.54, 1.807) is 19.1 Å². The lowest BCUT2D eigenvalue weighted by Gasteiger charge is -2.12. The van der Waals surface area contributed by atoms with Crippen LogP contribution in [0.4, 0.5) is 11.4 Å². The van der Waals surface area contributed by atoms with Crippen molar-refractivity contribution in [3.63, 3.8) is 0 Å². The Balaban J connectivity index is 1.81. The first kappa shape index (κ1) is 16.9. The molecular weight excluding hydrogens is 344 g/mol. The van der Waals surface area contributed by atoms with Crippen LogP contribution in [-0.4, -0.2) is 30.6 Å². The fraction of sp³-hybridized carbons (Fsp3) is 0.125. The van der Waals surface area contributed by atoms with E-state index in [-0.39, 0.29) is 4.90 Å². The summed E-state index contributed by atoms with van der Waals surface area (Å²) in [6, 6.07) is 13.3. The number of anilines is 1. The second-order valence-corrected chi connectivity index (χ2v) is 6.74. The molecule has 1 amide bonds. The highest BCUT2D eigenvalue weighted by Gasteiger charge is 2.34. The van der Waals surface area contributed by atoms with E-state index in [4.69, 9.17) is 4.55 Å². The number of carbonyl (C=O) groups excluding carboxylic acids is 1. The van der Waals surface area contributed by atoms with Crippen molar-refractivity contribution in [2.24, 2.45) is 15.3 Å². The molecule has 1 heterocycles. The number of amides is 1. The van der Waals surface area contributed by atoms with Crippen molar-refractivity contribution in [2.75, 3.05) is 5.01 Å². The zero-order valence-electron chi connectivity index (χ0n) is 13.1. The zero-order chi connectivity index (χ0) is 18.0. The summed E-state index contributed by atoms with van der Waals surface area (Å²) in [7, 11) is -4.29. The van der Waals surface area contributed by atoms with Crippen molar-refractivity contribution in [1.82, 2.24) is 0 Å². The van der Waals surface area contributed by atoms with Gasteiger partial charge in [-0.2, -0.15) is 28.8 Å². The largest absolute Gasteiger partial charge is 0.294 e. The van der Waals surface area contributed by atoms with Gasteiger partial charge in [-0.1, -0.05) is 18.2 Å². The molecule has 1 aliphatic rings. The molecule has 3 rings (SSSR count). The molecule has 9 heteroatoms. The number of benzene rings is 2. The highest BCUT2D eigenvalue weighted by atomic mass is 32.2. The second kappa shape index (κ2) is 6.54. The monoisotopic (exact) mass is 358 g/mol. The van der Waals surface area contributed by atoms with E-state index in [9.17, 15) is 13.2 Å². The number of hydrazone groups is 1. The Labute approximate surface area is 144 Å². The average molecular weight is 358 g/mol. The van der Waals surface area contributed by atoms with Crippen LogP contribution in [-0.2, 0) is 14.9 Å². The van der Waals surface area contributed by atoms with Crippen molar-refractivity contribution < 1.29 is 17.8 Å². The van der Waals surface area contributed by atoms with Crippen LogP contribution in [0, 0.1) is 0 Å². The van der Waals surface area contributed by atoms with Gasteiger partial charge in [0.05, 0.1) is 22.0 Å². The van der Waals surface area contributed by atoms with Gasteiger partial charge in [0.15, 0.2) is 6.04 Å². The number of rotatable bonds is 4. The van der Waals surface area contributed by atoms with Gasteiger partial charge in [0.2, 0.25) is 0 Å². The Kier molecular flexibility index (Phi) is 4.43. The molecule has 0 radical (unpaired) electrons. The fourth-order valence-corrected chi connectivity index (χ4v) is 2.73. The summed E-state index contributed by atoms with van der Waals surface area (Å²) in [6.07, 6.45) is 0. The van der Waals surface area contributed by atoms with Gasteiger partial charge >= 0.3 is 0 Å². The molecule has 0 spiro atoms. The molecule has 0 saturated heterocycles. The number of carbonyl (C=O) groups is 1. The highest BCUT2D eigenvalue weighted by molar-refractivity contribution is 7.85. The molecule has 0 aliphatic carbocycles. The van der Waals surface area contributed by atoms with Crippen LogP contribution in [0.3, 0.4) is 0 Å². The lowest BCUT2D eigenvalue weighted by atomic mass is 10.2. The first-order valence-corrected chi connectivity index (χ1v) is 8.73. The quantitative estimate of drug-likeness (QED) is 0.669. The van der Waals surface area contributed by atoms with Crippen LogP contribution in [0.15, 0.2) is 74.8 Å². The van der Waals surface area contributed by atoms with Crippen LogP contribution in [0.1, 0.15) is 6.92 Å². The van der Waals surface area contributed by atoms with E-state index >= 15 is 0 Å². The van der Waals surface area contributed by atoms with Gasteiger partial charge in [0.25, 0.3) is 16.0 Å². The summed E-state index contributed by atoms with van der Waals surface area (Å²) in [5, 5.41) is 13.4. The van der Waals surface area contributed by atoms with E-state index in [1.807, 2.05) is 18.2 Å². The van der Waals surface area contributed by atoms with E-state index in [1.165, 1.54) is 24.3 Å². The minimum absolute atomic E-state index is 0.260. The van der Waals surface area contributed by atoms with Gasteiger partial charge in [-0.25, -0.2) is 0 Å². The Morgan fingerprint density at radius 2 is 1.72 bits per heavy atom. The van der Waals surface area contributed by atoms with Crippen LogP contribution < -0.4 is 5.01 Å². The molecule has 8 nitrogen and oxygen atoms in total. The average Bonchev–Trinajstić information content (AvgIpc) is 2.87. The molecule has 0 unspecified atom stereocenters. The van der Waals surface area contributed by atoms with Crippen LogP contribution >= 0.6 is 0 Å². The minimum Gasteiger partial charge on any atom is -0.282 e. The fourth-order valence-electron chi connectivity index (χ4n) is 2.25. The van der Waals surface area contributed by atoms with E-state index < -0.39 is 22.1 Å². The summed E-state index contributed by atoms with van der Waals surface area (Å²) < 4.78 is 31.1. The smallest absolute Gasteiger partial charge is 0.282 e. The van der Waals surface area contributed by atoms with Crippen molar-refractivity contribution in [3.8, 4) is 0 Å². The standard InChI is InChI=1S/C16H14N4O4S/c1-11-15(18-17-12-5-3-2-4-6-12)16(21)20(19-11)13-7-9-14(10-8-13)25(22,23)24/h2-10,15H,1H3,(H,22,23,24)/t15-/m1/s1. The van der Waals surface area contributed by atoms with E-state index in [2.05, 4.69) is 15.3 Å². The Hall–Kier alpha value is -2.91. The van der Waals surface area contributed by atoms with Crippen molar-refractivity contribution in [2.45, 2.75) is 17.9 Å². The third-order valence-corrected chi connectivity index (χ3v) is 4.39. The third kappa shape index (κ3) is 3.62. The van der Waals surface area contributed by atoms with Crippen LogP contribution in [0.25, 0.3) is 0 Å². The van der Waals surface area contributed by atoms with Gasteiger partial charge in [-0.3, -0.25) is 9.35 Å². The van der Waals surface area contributed by atoms with Crippen LogP contribution in [0.5, 0.6) is 0 Å². The van der Waals surface area contributed by atoms with E-state index in [0.717, 1.165) is 5.01 Å². The SMILES string of the molecule is CC1=NN(c2ccc(S(=O)(=O)O)cc2)C(=O)[C@@H]1N=Nc1ccccc1. The lowest BCUT2D eigenvalue weighted by molar-refractivity contribution is -0.117. The predicted molar refractivity (Wildman–Crippen MR) is 91.6 cm³/mol. The maximum absolute atomic E-state index is 12.5. The van der Waals surface area contributed by atoms with Gasteiger partial charge in [-0.05, 0) is 43.3 Å². The molecule has 2 aromatic carbocycles. The maximum atomic E-state index is 12.5. The summed E-state index contributed by atoms with van der Waals surface area (Å²) in [6.45, 7) is 1.67. The zero-order valence-corrected chi connectivity index (χ0v) is 14.0. The van der Waals surface area contributed by atoms with Crippen LogP contribution in [0.2, 0.25) is 0 Å². The predicted octanol–water partition coefficient (Wildman–Crippen LogP) is 2.81. The van der Waals surface area contributed by atoms with E-state index in [0.29, 0.717) is 17.1 Å². The normalized spacial score (nSPS) is 18.0. The van der Waals surface area contributed by atoms with Gasteiger partial charge in [-0.15, -0.1) is 0 Å². The lowest BCUT2D eigenvalue weighted by Crippen LogP contribution is -2.29. The summed E-state index contributed by atoms with van der Waals surface area (Å²) in [5.74, 6) is -0.392. The highest BCUT2D eigenvalue weighted by Crippen LogP contribution is 2.24. The molecule has 2 aromatic rings. The molecule has 1 atom stereocenters. The summed E-state index contributed by atoms with van der Waals surface area (Å²) >= 11 is 0. The molecular formula is C16H14N4O4S. The first-order valence-electron chi connectivity index (χ1n) is 7.29. The van der Waals surface area contributed by atoms with Gasteiger partial charge < -0.3 is 0 Å². The third-order valence-electron chi connectivity index (χ3n) is 3.52. The number of nitrogens with zero attached hydrogens (tertiary/aromatic N) is 4. The molecule has 0 saturated carbocycles. The van der Waals surface area contributed by atoms with Crippen molar-refractivity contribution in [1.29, 1.82) is 0 Å². The Morgan fingerprint density at radius 3 is 2.32 bits per heavy atom. The maximum Gasteiger partial charge on any atom is 0.294 e. The molecule has 25 heavy (non-hydrogen) atoms. The summed E-state index contributed by atoms with van der Waals surface area (Å²) in [4.78, 5) is 12.2. The number of hydrogen-bond donors (Lipinski definition) is 1. The van der Waals surface area contributed by atoms with Gasteiger partial charge in [0, 0.05) is 0 Å². The molecule has 0 fully saturated rings. The Morgan fingerprint density at radius 1 is 1.08 bits per heavy atom. The minimum atomic E-state index is -4.29. The van der Waals surface area contributed by atoms with Gasteiger partial charge in [0.1, 0.15) is 0 Å². The molecule has 1 aliphatic heterocycles. The molecule has 1 N–H and O–H groups in total. The molecule has 128 valence electrons. The molecule has 0 aromatic heterocycles. The van der Waals surface area contributed by atoms with Crippen molar-refractivity contribution >= 4 is 33.1 Å². The summed E-state index contributed by atoms with van der Waals surface area (Å²) in [5.41, 5.74) is 1.47. The molecule has 0 bridgehead atoms. The number of hydrogen-bond acceptors (Lipinski definition) is 6. The Bertz CT molecular complexity index is 953.